The summed E-state index contributed by atoms with van der Waals surface area (Å²) in [5.74, 6) is 1.33. The average Bonchev–Trinajstić information content (AvgIpc) is 2.59. The summed E-state index contributed by atoms with van der Waals surface area (Å²) in [7, 11) is 0.0278. The Hall–Kier alpha value is -1.67. The highest BCUT2D eigenvalue weighted by molar-refractivity contribution is 6.83. The molecule has 94 valence electrons. The highest BCUT2D eigenvalue weighted by atomic mass is 28.3. The molecule has 1 aromatic heterocycles. The Bertz CT molecular complexity index is 672. The lowest BCUT2D eigenvalue weighted by Gasteiger charge is -2.04. The standard InChI is InChI=1S/C13H14F2N2Si/c1-17-8-16-13-11(17)7-10(14)9(12(13)15)5-6-18(2,3)4/h7-8H,1-4H3. The molecule has 18 heavy (non-hydrogen) atoms. The SMILES string of the molecule is Cn1cnc2c(F)c(C#C[Si](C)(C)C)c(F)cc21. The summed E-state index contributed by atoms with van der Waals surface area (Å²) < 4.78 is 29.5. The molecule has 0 atom stereocenters. The highest BCUT2D eigenvalue weighted by Crippen LogP contribution is 2.22. The molecule has 2 rings (SSSR count). The van der Waals surface area contributed by atoms with Gasteiger partial charge < -0.3 is 4.57 Å². The van der Waals surface area contributed by atoms with Crippen LogP contribution in [0.5, 0.6) is 0 Å². The van der Waals surface area contributed by atoms with Gasteiger partial charge in [-0.2, -0.15) is 0 Å². The Kier molecular flexibility index (Phi) is 2.99. The molecule has 1 heterocycles. The fraction of sp³-hybridized carbons (Fsp3) is 0.308. The maximum atomic E-state index is 14.1. The molecular formula is C13H14F2N2Si. The summed E-state index contributed by atoms with van der Waals surface area (Å²) in [5, 5.41) is 0. The summed E-state index contributed by atoms with van der Waals surface area (Å²) in [4.78, 5) is 3.93. The first-order valence-corrected chi connectivity index (χ1v) is 9.12. The van der Waals surface area contributed by atoms with E-state index in [4.69, 9.17) is 0 Å². The Morgan fingerprint density at radius 2 is 1.94 bits per heavy atom. The summed E-state index contributed by atoms with van der Waals surface area (Å²) in [6.07, 6.45) is 1.46. The van der Waals surface area contributed by atoms with Crippen LogP contribution in [0.1, 0.15) is 5.56 Å². The topological polar surface area (TPSA) is 17.8 Å². The number of hydrogen-bond donors (Lipinski definition) is 0. The summed E-state index contributed by atoms with van der Waals surface area (Å²) >= 11 is 0. The van der Waals surface area contributed by atoms with Crippen molar-refractivity contribution in [3.8, 4) is 11.5 Å². The molecule has 2 nitrogen and oxygen atoms in total. The van der Waals surface area contributed by atoms with Crippen LogP contribution in [0.15, 0.2) is 12.4 Å². The fourth-order valence-corrected chi connectivity index (χ4v) is 2.06. The van der Waals surface area contributed by atoms with E-state index in [-0.39, 0.29) is 11.1 Å². The smallest absolute Gasteiger partial charge is 0.169 e. The van der Waals surface area contributed by atoms with Crippen molar-refractivity contribution in [1.29, 1.82) is 0 Å². The van der Waals surface area contributed by atoms with Crippen molar-refractivity contribution in [1.82, 2.24) is 9.55 Å². The summed E-state index contributed by atoms with van der Waals surface area (Å²) in [5.41, 5.74) is 3.39. The molecule has 5 heteroatoms. The highest BCUT2D eigenvalue weighted by Gasteiger charge is 2.16. The molecule has 2 aromatic rings. The first kappa shape index (κ1) is 12.8. The van der Waals surface area contributed by atoms with Crippen LogP contribution in [-0.2, 0) is 7.05 Å². The van der Waals surface area contributed by atoms with E-state index in [1.165, 1.54) is 12.4 Å². The zero-order valence-corrected chi connectivity index (χ0v) is 11.8. The van der Waals surface area contributed by atoms with Crippen LogP contribution < -0.4 is 0 Å². The minimum atomic E-state index is -1.67. The molecule has 0 aliphatic heterocycles. The van der Waals surface area contributed by atoms with Gasteiger partial charge in [0.05, 0.1) is 17.4 Å². The van der Waals surface area contributed by atoms with Gasteiger partial charge in [0.15, 0.2) is 5.82 Å². The molecule has 0 aliphatic rings. The molecule has 0 fully saturated rings. The summed E-state index contributed by atoms with van der Waals surface area (Å²) in [6, 6.07) is 1.28. The monoisotopic (exact) mass is 264 g/mol. The van der Waals surface area contributed by atoms with E-state index >= 15 is 0 Å². The van der Waals surface area contributed by atoms with E-state index in [0.29, 0.717) is 5.52 Å². The van der Waals surface area contributed by atoms with Gasteiger partial charge in [0.1, 0.15) is 19.4 Å². The quantitative estimate of drug-likeness (QED) is 0.528. The maximum Gasteiger partial charge on any atom is 0.169 e. The van der Waals surface area contributed by atoms with E-state index in [0.717, 1.165) is 0 Å². The number of halogens is 2. The first-order chi connectivity index (χ1) is 8.29. The van der Waals surface area contributed by atoms with E-state index in [2.05, 4.69) is 16.4 Å². The number of hydrogen-bond acceptors (Lipinski definition) is 1. The van der Waals surface area contributed by atoms with Crippen LogP contribution in [0.25, 0.3) is 11.0 Å². The minimum absolute atomic E-state index is 0.166. The van der Waals surface area contributed by atoms with Gasteiger partial charge >= 0.3 is 0 Å². The third-order valence-electron chi connectivity index (χ3n) is 2.47. The number of benzene rings is 1. The van der Waals surface area contributed by atoms with Gasteiger partial charge in [-0.05, 0) is 0 Å². The number of imidazole rings is 1. The molecule has 0 radical (unpaired) electrons. The average molecular weight is 264 g/mol. The molecule has 0 spiro atoms. The van der Waals surface area contributed by atoms with Crippen molar-refractivity contribution < 1.29 is 8.78 Å². The van der Waals surface area contributed by atoms with Crippen LogP contribution in [0.4, 0.5) is 8.78 Å². The lowest BCUT2D eigenvalue weighted by atomic mass is 10.2. The molecule has 0 saturated carbocycles. The number of aryl methyl sites for hydroxylation is 1. The molecule has 0 N–H and O–H groups in total. The normalized spacial score (nSPS) is 11.4. The Morgan fingerprint density at radius 3 is 2.56 bits per heavy atom. The number of fused-ring (bicyclic) bond motifs is 1. The number of nitrogens with zero attached hydrogens (tertiary/aromatic N) is 2. The molecule has 0 bridgehead atoms. The van der Waals surface area contributed by atoms with Crippen LogP contribution in [-0.4, -0.2) is 17.6 Å². The predicted molar refractivity (Wildman–Crippen MR) is 70.9 cm³/mol. The number of aromatic nitrogens is 2. The minimum Gasteiger partial charge on any atom is -0.334 e. The van der Waals surface area contributed by atoms with Crippen molar-refractivity contribution in [3.05, 3.63) is 29.6 Å². The lowest BCUT2D eigenvalue weighted by molar-refractivity contribution is 0.584. The van der Waals surface area contributed by atoms with Crippen molar-refractivity contribution in [2.75, 3.05) is 0 Å². The second-order valence-electron chi connectivity index (χ2n) is 5.27. The second kappa shape index (κ2) is 4.21. The van der Waals surface area contributed by atoms with Crippen LogP contribution in [0.3, 0.4) is 0 Å². The van der Waals surface area contributed by atoms with E-state index in [1.54, 1.807) is 11.6 Å². The zero-order valence-electron chi connectivity index (χ0n) is 10.8. The van der Waals surface area contributed by atoms with E-state index in [9.17, 15) is 8.78 Å². The van der Waals surface area contributed by atoms with Gasteiger partial charge in [-0.15, -0.1) is 5.54 Å². The molecule has 0 saturated heterocycles. The molecule has 1 aromatic carbocycles. The molecule has 0 aliphatic carbocycles. The van der Waals surface area contributed by atoms with E-state index < -0.39 is 19.7 Å². The van der Waals surface area contributed by atoms with E-state index in [1.807, 2.05) is 19.6 Å². The van der Waals surface area contributed by atoms with Gasteiger partial charge in [-0.25, -0.2) is 13.8 Å². The summed E-state index contributed by atoms with van der Waals surface area (Å²) in [6.45, 7) is 6.07. The van der Waals surface area contributed by atoms with Gasteiger partial charge in [0, 0.05) is 13.1 Å². The third-order valence-corrected chi connectivity index (χ3v) is 3.35. The molecule has 0 unspecified atom stereocenters. The first-order valence-electron chi connectivity index (χ1n) is 5.62. The van der Waals surface area contributed by atoms with Gasteiger partial charge in [-0.3, -0.25) is 0 Å². The van der Waals surface area contributed by atoms with Gasteiger partial charge in [0.25, 0.3) is 0 Å². The van der Waals surface area contributed by atoms with Crippen molar-refractivity contribution in [2.45, 2.75) is 19.6 Å². The Morgan fingerprint density at radius 1 is 1.28 bits per heavy atom. The zero-order chi connectivity index (χ0) is 13.5. The lowest BCUT2D eigenvalue weighted by Crippen LogP contribution is -2.16. The van der Waals surface area contributed by atoms with Crippen LogP contribution in [0, 0.1) is 23.1 Å². The molecular weight excluding hydrogens is 250 g/mol. The second-order valence-corrected chi connectivity index (χ2v) is 10.0. The fourth-order valence-electron chi connectivity index (χ4n) is 1.56. The Balaban J connectivity index is 2.68. The predicted octanol–water partition coefficient (Wildman–Crippen LogP) is 3.08. The molecule has 0 amide bonds. The van der Waals surface area contributed by atoms with Crippen molar-refractivity contribution >= 4 is 19.1 Å². The van der Waals surface area contributed by atoms with Gasteiger partial charge in [-0.1, -0.05) is 25.6 Å². The van der Waals surface area contributed by atoms with Crippen molar-refractivity contribution in [3.63, 3.8) is 0 Å². The van der Waals surface area contributed by atoms with Crippen molar-refractivity contribution in [2.24, 2.45) is 7.05 Å². The maximum absolute atomic E-state index is 14.1. The largest absolute Gasteiger partial charge is 0.334 e. The third kappa shape index (κ3) is 2.29. The van der Waals surface area contributed by atoms with Crippen LogP contribution in [0.2, 0.25) is 19.6 Å². The Labute approximate surface area is 106 Å². The van der Waals surface area contributed by atoms with Gasteiger partial charge in [0.2, 0.25) is 0 Å². The number of rotatable bonds is 0. The van der Waals surface area contributed by atoms with Crippen LogP contribution >= 0.6 is 0 Å².